The lowest BCUT2D eigenvalue weighted by Crippen LogP contribution is -2.23. The number of nitrogens with one attached hydrogen (secondary N) is 1. The van der Waals surface area contributed by atoms with Gasteiger partial charge in [-0.05, 0) is 30.2 Å². The second kappa shape index (κ2) is 8.76. The summed E-state index contributed by atoms with van der Waals surface area (Å²) in [6.45, 7) is 0.393. The van der Waals surface area contributed by atoms with Gasteiger partial charge in [0.15, 0.2) is 0 Å². The summed E-state index contributed by atoms with van der Waals surface area (Å²) in [5.41, 5.74) is 3.77. The van der Waals surface area contributed by atoms with Crippen LogP contribution in [0.1, 0.15) is 17.7 Å². The molecule has 1 amide bonds. The lowest BCUT2D eigenvalue weighted by Gasteiger charge is -2.07. The lowest BCUT2D eigenvalue weighted by atomic mass is 10.1. The zero-order chi connectivity index (χ0) is 18.2. The minimum atomic E-state index is 0.000640. The molecule has 0 atom stereocenters. The molecule has 0 aliphatic carbocycles. The number of carbonyl (C=O) groups is 1. The summed E-state index contributed by atoms with van der Waals surface area (Å²) >= 11 is 0. The molecule has 1 heterocycles. The summed E-state index contributed by atoms with van der Waals surface area (Å²) < 4.78 is 5.13. The monoisotopic (exact) mass is 347 g/mol. The molecule has 0 aliphatic rings. The summed E-state index contributed by atoms with van der Waals surface area (Å²) in [7, 11) is 1.64. The van der Waals surface area contributed by atoms with Crippen LogP contribution in [0.5, 0.6) is 5.75 Å². The van der Waals surface area contributed by atoms with Crippen molar-refractivity contribution in [3.8, 4) is 17.0 Å². The van der Waals surface area contributed by atoms with Crippen molar-refractivity contribution in [2.45, 2.75) is 19.4 Å². The molecule has 1 N–H and O–H groups in total. The zero-order valence-electron chi connectivity index (χ0n) is 14.7. The number of rotatable bonds is 7. The van der Waals surface area contributed by atoms with Crippen LogP contribution in [0.4, 0.5) is 0 Å². The van der Waals surface area contributed by atoms with E-state index in [0.717, 1.165) is 28.3 Å². The van der Waals surface area contributed by atoms with Gasteiger partial charge in [-0.1, -0.05) is 42.5 Å². The molecule has 5 heteroatoms. The second-order valence-electron chi connectivity index (χ2n) is 5.89. The predicted molar refractivity (Wildman–Crippen MR) is 101 cm³/mol. The number of amides is 1. The van der Waals surface area contributed by atoms with Crippen molar-refractivity contribution >= 4 is 5.91 Å². The second-order valence-corrected chi connectivity index (χ2v) is 5.89. The van der Waals surface area contributed by atoms with E-state index in [4.69, 9.17) is 4.74 Å². The van der Waals surface area contributed by atoms with E-state index in [1.54, 1.807) is 7.11 Å². The van der Waals surface area contributed by atoms with Gasteiger partial charge in [0.1, 0.15) is 12.1 Å². The standard InChI is InChI=1S/C21H21N3O2/c1-26-19-10-7-16(8-11-19)9-12-21(25)22-14-18-13-20(24-15-23-18)17-5-3-2-4-6-17/h2-8,10-11,13,15H,9,12,14H2,1H3,(H,22,25). The smallest absolute Gasteiger partial charge is 0.220 e. The van der Waals surface area contributed by atoms with Crippen LogP contribution < -0.4 is 10.1 Å². The molecule has 26 heavy (non-hydrogen) atoms. The molecule has 0 fully saturated rings. The molecule has 2 aromatic carbocycles. The van der Waals surface area contributed by atoms with Crippen molar-refractivity contribution in [1.29, 1.82) is 0 Å². The maximum atomic E-state index is 12.1. The summed E-state index contributed by atoms with van der Waals surface area (Å²) in [6, 6.07) is 19.6. The van der Waals surface area contributed by atoms with E-state index in [1.165, 1.54) is 6.33 Å². The van der Waals surface area contributed by atoms with Gasteiger partial charge in [0.25, 0.3) is 0 Å². The Bertz CT molecular complexity index is 849. The zero-order valence-corrected chi connectivity index (χ0v) is 14.7. The van der Waals surface area contributed by atoms with Gasteiger partial charge >= 0.3 is 0 Å². The molecule has 5 nitrogen and oxygen atoms in total. The van der Waals surface area contributed by atoms with Crippen LogP contribution in [0, 0.1) is 0 Å². The Morgan fingerprint density at radius 2 is 1.81 bits per heavy atom. The van der Waals surface area contributed by atoms with Crippen molar-refractivity contribution < 1.29 is 9.53 Å². The lowest BCUT2D eigenvalue weighted by molar-refractivity contribution is -0.121. The van der Waals surface area contributed by atoms with Crippen LogP contribution >= 0.6 is 0 Å². The first-order chi connectivity index (χ1) is 12.7. The molecule has 3 rings (SSSR count). The fourth-order valence-corrected chi connectivity index (χ4v) is 2.59. The normalized spacial score (nSPS) is 10.3. The quantitative estimate of drug-likeness (QED) is 0.711. The first kappa shape index (κ1) is 17.6. The highest BCUT2D eigenvalue weighted by Gasteiger charge is 2.05. The minimum absolute atomic E-state index is 0.000640. The Balaban J connectivity index is 1.51. The van der Waals surface area contributed by atoms with Crippen LogP contribution in [0.3, 0.4) is 0 Å². The molecule has 0 unspecified atom stereocenters. The Morgan fingerprint density at radius 3 is 2.54 bits per heavy atom. The van der Waals surface area contributed by atoms with Crippen molar-refractivity contribution in [2.75, 3.05) is 7.11 Å². The Hall–Kier alpha value is -3.21. The average Bonchev–Trinajstić information content (AvgIpc) is 2.72. The van der Waals surface area contributed by atoms with Crippen molar-refractivity contribution in [3.05, 3.63) is 78.2 Å². The molecule has 3 aromatic rings. The van der Waals surface area contributed by atoms with E-state index in [2.05, 4.69) is 15.3 Å². The molecule has 0 saturated heterocycles. The van der Waals surface area contributed by atoms with Gasteiger partial charge < -0.3 is 10.1 Å². The summed E-state index contributed by atoms with van der Waals surface area (Å²) in [5, 5.41) is 2.92. The van der Waals surface area contributed by atoms with Gasteiger partial charge in [0.05, 0.1) is 25.0 Å². The summed E-state index contributed by atoms with van der Waals surface area (Å²) in [4.78, 5) is 20.6. The third-order valence-electron chi connectivity index (χ3n) is 4.06. The van der Waals surface area contributed by atoms with Gasteiger partial charge in [0, 0.05) is 12.0 Å². The third-order valence-corrected chi connectivity index (χ3v) is 4.06. The van der Waals surface area contributed by atoms with Crippen LogP contribution in [0.25, 0.3) is 11.3 Å². The van der Waals surface area contributed by atoms with Gasteiger partial charge in [-0.2, -0.15) is 0 Å². The van der Waals surface area contributed by atoms with Gasteiger partial charge in [-0.15, -0.1) is 0 Å². The molecule has 0 saturated carbocycles. The number of nitrogens with zero attached hydrogens (tertiary/aromatic N) is 2. The molecule has 0 radical (unpaired) electrons. The predicted octanol–water partition coefficient (Wildman–Crippen LogP) is 3.40. The van der Waals surface area contributed by atoms with Gasteiger partial charge in [-0.25, -0.2) is 9.97 Å². The Labute approximate surface area is 153 Å². The number of aromatic nitrogens is 2. The third kappa shape index (κ3) is 4.89. The molecule has 132 valence electrons. The maximum Gasteiger partial charge on any atom is 0.220 e. The largest absolute Gasteiger partial charge is 0.497 e. The van der Waals surface area contributed by atoms with E-state index >= 15 is 0 Å². The number of methoxy groups -OCH3 is 1. The number of benzene rings is 2. The fourth-order valence-electron chi connectivity index (χ4n) is 2.59. The van der Waals surface area contributed by atoms with Crippen LogP contribution in [0.15, 0.2) is 67.0 Å². The van der Waals surface area contributed by atoms with Gasteiger partial charge in [0.2, 0.25) is 5.91 Å². The van der Waals surface area contributed by atoms with Crippen molar-refractivity contribution in [2.24, 2.45) is 0 Å². The van der Waals surface area contributed by atoms with Crippen LogP contribution in [0.2, 0.25) is 0 Å². The number of hydrogen-bond acceptors (Lipinski definition) is 4. The molecular formula is C21H21N3O2. The maximum absolute atomic E-state index is 12.1. The molecular weight excluding hydrogens is 326 g/mol. The number of ether oxygens (including phenoxy) is 1. The topological polar surface area (TPSA) is 64.1 Å². The van der Waals surface area contributed by atoms with Crippen molar-refractivity contribution in [1.82, 2.24) is 15.3 Å². The molecule has 0 bridgehead atoms. The molecule has 0 aliphatic heterocycles. The number of aryl methyl sites for hydroxylation is 1. The highest BCUT2D eigenvalue weighted by Crippen LogP contribution is 2.16. The Kier molecular flexibility index (Phi) is 5.93. The van der Waals surface area contributed by atoms with E-state index in [9.17, 15) is 4.79 Å². The molecule has 0 spiro atoms. The SMILES string of the molecule is COc1ccc(CCC(=O)NCc2cc(-c3ccccc3)ncn2)cc1. The average molecular weight is 347 g/mol. The first-order valence-electron chi connectivity index (χ1n) is 8.50. The van der Waals surface area contributed by atoms with Crippen molar-refractivity contribution in [3.63, 3.8) is 0 Å². The van der Waals surface area contributed by atoms with E-state index in [1.807, 2.05) is 60.7 Å². The first-order valence-corrected chi connectivity index (χ1v) is 8.50. The summed E-state index contributed by atoms with van der Waals surface area (Å²) in [5.74, 6) is 0.817. The number of carbonyl (C=O) groups excluding carboxylic acids is 1. The molecule has 1 aromatic heterocycles. The highest BCUT2D eigenvalue weighted by atomic mass is 16.5. The van der Waals surface area contributed by atoms with E-state index < -0.39 is 0 Å². The van der Waals surface area contributed by atoms with Crippen LogP contribution in [-0.2, 0) is 17.8 Å². The van der Waals surface area contributed by atoms with E-state index in [-0.39, 0.29) is 5.91 Å². The van der Waals surface area contributed by atoms with Crippen LogP contribution in [-0.4, -0.2) is 23.0 Å². The summed E-state index contributed by atoms with van der Waals surface area (Å²) in [6.07, 6.45) is 2.65. The fraction of sp³-hybridized carbons (Fsp3) is 0.190. The number of hydrogen-bond donors (Lipinski definition) is 1. The highest BCUT2D eigenvalue weighted by molar-refractivity contribution is 5.76. The minimum Gasteiger partial charge on any atom is -0.497 e. The Morgan fingerprint density at radius 1 is 1.04 bits per heavy atom. The van der Waals surface area contributed by atoms with Gasteiger partial charge in [-0.3, -0.25) is 4.79 Å². The van der Waals surface area contributed by atoms with E-state index in [0.29, 0.717) is 19.4 Å².